The van der Waals surface area contributed by atoms with E-state index >= 15 is 0 Å². The van der Waals surface area contributed by atoms with Crippen molar-refractivity contribution in [1.82, 2.24) is 0 Å². The minimum absolute atomic E-state index is 0.114. The zero-order valence-corrected chi connectivity index (χ0v) is 13.2. The molecule has 0 atom stereocenters. The Balaban J connectivity index is 3.78. The van der Waals surface area contributed by atoms with Crippen molar-refractivity contribution >= 4 is 11.9 Å². The predicted molar refractivity (Wildman–Crippen MR) is 77.5 cm³/mol. The highest BCUT2D eigenvalue weighted by Crippen LogP contribution is 2.10. The Kier molecular flexibility index (Phi) is 8.57. The van der Waals surface area contributed by atoms with Gasteiger partial charge in [-0.3, -0.25) is 0 Å². The number of carbonyl (C=O) groups excluding carboxylic acids is 2. The summed E-state index contributed by atoms with van der Waals surface area (Å²) in [5.74, 6) is -1.78. The van der Waals surface area contributed by atoms with E-state index in [1.54, 1.807) is 27.7 Å². The molecule has 120 valence electrons. The van der Waals surface area contributed by atoms with Gasteiger partial charge in [0.2, 0.25) is 0 Å². The Morgan fingerprint density at radius 1 is 0.810 bits per heavy atom. The van der Waals surface area contributed by atoms with Crippen LogP contribution >= 0.6 is 0 Å². The van der Waals surface area contributed by atoms with E-state index in [-0.39, 0.29) is 26.4 Å². The first kappa shape index (κ1) is 19.3. The Labute approximate surface area is 125 Å². The smallest absolute Gasteiger partial charge is 0.333 e. The van der Waals surface area contributed by atoms with E-state index in [1.165, 1.54) is 0 Å². The molecule has 0 fully saturated rings. The van der Waals surface area contributed by atoms with Gasteiger partial charge in [0.1, 0.15) is 13.2 Å². The molecule has 0 aromatic carbocycles. The molecule has 0 rings (SSSR count). The van der Waals surface area contributed by atoms with E-state index < -0.39 is 17.7 Å². The van der Waals surface area contributed by atoms with Gasteiger partial charge in [0, 0.05) is 11.1 Å². The summed E-state index contributed by atoms with van der Waals surface area (Å²) < 4.78 is 20.6. The lowest BCUT2D eigenvalue weighted by molar-refractivity contribution is -0.222. The summed E-state index contributed by atoms with van der Waals surface area (Å²) in [4.78, 5) is 22.3. The Morgan fingerprint density at radius 2 is 1.14 bits per heavy atom. The van der Waals surface area contributed by atoms with Crippen LogP contribution < -0.4 is 0 Å². The van der Waals surface area contributed by atoms with Gasteiger partial charge in [0.15, 0.2) is 5.79 Å². The molecule has 0 aliphatic heterocycles. The highest BCUT2D eigenvalue weighted by molar-refractivity contribution is 5.87. The van der Waals surface area contributed by atoms with Crippen LogP contribution in [0, 0.1) is 0 Å². The molecule has 0 saturated carbocycles. The Hall–Kier alpha value is -1.66. The van der Waals surface area contributed by atoms with Gasteiger partial charge in [0.05, 0.1) is 13.2 Å². The number of rotatable bonds is 10. The van der Waals surface area contributed by atoms with Crippen molar-refractivity contribution in [3.8, 4) is 0 Å². The largest absolute Gasteiger partial charge is 0.460 e. The lowest BCUT2D eigenvalue weighted by atomic mass is 10.3. The second-order valence-corrected chi connectivity index (χ2v) is 4.93. The number of carbonyl (C=O) groups is 2. The van der Waals surface area contributed by atoms with Crippen molar-refractivity contribution in [2.45, 2.75) is 33.5 Å². The molecule has 6 heteroatoms. The third-order valence-electron chi connectivity index (χ3n) is 2.23. The van der Waals surface area contributed by atoms with Crippen LogP contribution in [0.5, 0.6) is 0 Å². The molecule has 0 aliphatic rings. The molecule has 0 saturated heterocycles. The van der Waals surface area contributed by atoms with Crippen molar-refractivity contribution < 1.29 is 28.5 Å². The third-order valence-corrected chi connectivity index (χ3v) is 2.23. The maximum atomic E-state index is 11.1. The first-order chi connectivity index (χ1) is 9.65. The summed E-state index contributed by atoms with van der Waals surface area (Å²) in [5, 5.41) is 0. The van der Waals surface area contributed by atoms with Crippen LogP contribution in [-0.2, 0) is 28.5 Å². The number of hydrogen-bond donors (Lipinski definition) is 0. The van der Waals surface area contributed by atoms with Crippen LogP contribution in [0.1, 0.15) is 27.7 Å². The van der Waals surface area contributed by atoms with Crippen molar-refractivity contribution in [3.63, 3.8) is 0 Å². The fraction of sp³-hybridized carbons (Fsp3) is 0.600. The summed E-state index contributed by atoms with van der Waals surface area (Å²) in [6.45, 7) is 14.1. The fourth-order valence-electron chi connectivity index (χ4n) is 1.13. The van der Waals surface area contributed by atoms with E-state index in [4.69, 9.17) is 18.9 Å². The minimum Gasteiger partial charge on any atom is -0.460 e. The van der Waals surface area contributed by atoms with Gasteiger partial charge in [-0.2, -0.15) is 0 Å². The van der Waals surface area contributed by atoms with Gasteiger partial charge in [0.25, 0.3) is 0 Å². The molecule has 0 heterocycles. The van der Waals surface area contributed by atoms with Gasteiger partial charge in [-0.05, 0) is 27.7 Å². The summed E-state index contributed by atoms with van der Waals surface area (Å²) >= 11 is 0. The van der Waals surface area contributed by atoms with Crippen molar-refractivity contribution in [2.75, 3.05) is 26.4 Å². The van der Waals surface area contributed by atoms with Crippen molar-refractivity contribution in [2.24, 2.45) is 0 Å². The SMILES string of the molecule is C=C(C)C(=O)OCCOC(C)(C)OCCOC(=O)C(=C)C. The van der Waals surface area contributed by atoms with Gasteiger partial charge >= 0.3 is 11.9 Å². The maximum Gasteiger partial charge on any atom is 0.333 e. The molecule has 0 bridgehead atoms. The molecule has 0 N–H and O–H groups in total. The summed E-state index contributed by atoms with van der Waals surface area (Å²) in [6.07, 6.45) is 0. The van der Waals surface area contributed by atoms with Crippen LogP contribution in [0.25, 0.3) is 0 Å². The first-order valence-corrected chi connectivity index (χ1v) is 6.59. The second kappa shape index (κ2) is 9.31. The maximum absolute atomic E-state index is 11.1. The number of hydrogen-bond acceptors (Lipinski definition) is 6. The average molecular weight is 300 g/mol. The summed E-state index contributed by atoms with van der Waals surface area (Å²) in [7, 11) is 0. The molecule has 6 nitrogen and oxygen atoms in total. The van der Waals surface area contributed by atoms with Crippen LogP contribution in [0.3, 0.4) is 0 Å². The Bertz CT molecular complexity index is 361. The zero-order chi connectivity index (χ0) is 16.5. The quantitative estimate of drug-likeness (QED) is 0.266. The van der Waals surface area contributed by atoms with E-state index in [1.807, 2.05) is 0 Å². The lowest BCUT2D eigenvalue weighted by Gasteiger charge is -2.25. The molecule has 21 heavy (non-hydrogen) atoms. The average Bonchev–Trinajstić information content (AvgIpc) is 2.38. The first-order valence-electron chi connectivity index (χ1n) is 6.59. The van der Waals surface area contributed by atoms with Gasteiger partial charge in [-0.1, -0.05) is 13.2 Å². The molecule has 0 amide bonds. The third kappa shape index (κ3) is 9.81. The van der Waals surface area contributed by atoms with Crippen LogP contribution in [0.4, 0.5) is 0 Å². The number of esters is 2. The summed E-state index contributed by atoms with van der Waals surface area (Å²) in [6, 6.07) is 0. The van der Waals surface area contributed by atoms with Crippen LogP contribution in [-0.4, -0.2) is 44.2 Å². The Morgan fingerprint density at radius 3 is 1.43 bits per heavy atom. The van der Waals surface area contributed by atoms with Crippen molar-refractivity contribution in [1.29, 1.82) is 0 Å². The lowest BCUT2D eigenvalue weighted by Crippen LogP contribution is -2.32. The molecular weight excluding hydrogens is 276 g/mol. The van der Waals surface area contributed by atoms with Crippen LogP contribution in [0.15, 0.2) is 24.3 Å². The van der Waals surface area contributed by atoms with E-state index in [0.717, 1.165) is 0 Å². The minimum atomic E-state index is -0.870. The molecule has 0 unspecified atom stereocenters. The van der Waals surface area contributed by atoms with E-state index in [2.05, 4.69) is 13.2 Å². The van der Waals surface area contributed by atoms with Gasteiger partial charge in [-0.15, -0.1) is 0 Å². The zero-order valence-electron chi connectivity index (χ0n) is 13.2. The van der Waals surface area contributed by atoms with Gasteiger partial charge in [-0.25, -0.2) is 9.59 Å². The highest BCUT2D eigenvalue weighted by Gasteiger charge is 2.19. The van der Waals surface area contributed by atoms with Crippen LogP contribution in [0.2, 0.25) is 0 Å². The van der Waals surface area contributed by atoms with E-state index in [0.29, 0.717) is 11.1 Å². The number of ether oxygens (including phenoxy) is 4. The van der Waals surface area contributed by atoms with E-state index in [9.17, 15) is 9.59 Å². The molecule has 0 radical (unpaired) electrons. The molecular formula is C15H24O6. The summed E-state index contributed by atoms with van der Waals surface area (Å²) in [5.41, 5.74) is 0.676. The van der Waals surface area contributed by atoms with Crippen molar-refractivity contribution in [3.05, 3.63) is 24.3 Å². The second-order valence-electron chi connectivity index (χ2n) is 4.93. The predicted octanol–water partition coefficient (Wildman–Crippen LogP) is 1.99. The fourth-order valence-corrected chi connectivity index (χ4v) is 1.13. The molecule has 0 aromatic rings. The topological polar surface area (TPSA) is 71.1 Å². The molecule has 0 spiro atoms. The molecule has 0 aromatic heterocycles. The van der Waals surface area contributed by atoms with Gasteiger partial charge < -0.3 is 18.9 Å². The molecule has 0 aliphatic carbocycles. The monoisotopic (exact) mass is 300 g/mol. The standard InChI is InChI=1S/C15H24O6/c1-11(2)13(16)18-7-9-20-15(5,6)21-10-8-19-14(17)12(3)4/h1,3,7-10H2,2,4-6H3. The normalized spacial score (nSPS) is 10.9. The highest BCUT2D eigenvalue weighted by atomic mass is 16.7.